The number of nitrogens with zero attached hydrogens (tertiary/aromatic N) is 3. The summed E-state index contributed by atoms with van der Waals surface area (Å²) in [6, 6.07) is 2.09. The van der Waals surface area contributed by atoms with Crippen LogP contribution in [0.15, 0.2) is 6.07 Å². The van der Waals surface area contributed by atoms with Crippen LogP contribution in [0.3, 0.4) is 0 Å². The van der Waals surface area contributed by atoms with Crippen molar-refractivity contribution in [1.29, 1.82) is 0 Å². The average molecular weight is 203 g/mol. The third-order valence-electron chi connectivity index (χ3n) is 2.73. The van der Waals surface area contributed by atoms with Crippen LogP contribution in [0.5, 0.6) is 0 Å². The van der Waals surface area contributed by atoms with Gasteiger partial charge in [0.25, 0.3) is 0 Å². The molecular formula is C12H17N3. The molecule has 2 rings (SSSR count). The molecule has 0 aliphatic heterocycles. The molecule has 2 aromatic rings. The Kier molecular flexibility index (Phi) is 2.47. The number of aryl methyl sites for hydroxylation is 4. The Hall–Kier alpha value is -1.38. The topological polar surface area (TPSA) is 30.7 Å². The Morgan fingerprint density at radius 3 is 2.53 bits per heavy atom. The molecule has 0 radical (unpaired) electrons. The molecule has 0 N–H and O–H groups in total. The highest BCUT2D eigenvalue weighted by Crippen LogP contribution is 2.19. The molecule has 0 unspecified atom stereocenters. The molecule has 0 aromatic carbocycles. The van der Waals surface area contributed by atoms with Gasteiger partial charge >= 0.3 is 0 Å². The lowest BCUT2D eigenvalue weighted by Crippen LogP contribution is -2.01. The fraction of sp³-hybridized carbons (Fsp3) is 0.500. The average Bonchev–Trinajstić information content (AvgIpc) is 2.55. The van der Waals surface area contributed by atoms with E-state index in [4.69, 9.17) is 0 Å². The normalized spacial score (nSPS) is 11.2. The van der Waals surface area contributed by atoms with Crippen LogP contribution in [0, 0.1) is 13.8 Å². The Balaban J connectivity index is 2.82. The number of imidazole rings is 1. The van der Waals surface area contributed by atoms with Crippen molar-refractivity contribution in [3.8, 4) is 0 Å². The highest BCUT2D eigenvalue weighted by molar-refractivity contribution is 5.75. The van der Waals surface area contributed by atoms with Gasteiger partial charge in [0.1, 0.15) is 11.3 Å². The summed E-state index contributed by atoms with van der Waals surface area (Å²) in [6.07, 6.45) is 0.961. The number of rotatable bonds is 2. The summed E-state index contributed by atoms with van der Waals surface area (Å²) in [6.45, 7) is 9.35. The summed E-state index contributed by atoms with van der Waals surface area (Å²) in [4.78, 5) is 9.22. The second-order valence-electron chi connectivity index (χ2n) is 3.88. The summed E-state index contributed by atoms with van der Waals surface area (Å²) in [5, 5.41) is 0. The Morgan fingerprint density at radius 2 is 1.93 bits per heavy atom. The van der Waals surface area contributed by atoms with E-state index in [-0.39, 0.29) is 0 Å². The summed E-state index contributed by atoms with van der Waals surface area (Å²) in [7, 11) is 0. The summed E-state index contributed by atoms with van der Waals surface area (Å²) in [5.41, 5.74) is 4.38. The number of fused-ring (bicyclic) bond motifs is 1. The maximum atomic E-state index is 4.64. The first-order chi connectivity index (χ1) is 7.17. The molecule has 0 bridgehead atoms. The van der Waals surface area contributed by atoms with Gasteiger partial charge in [0, 0.05) is 18.7 Å². The minimum Gasteiger partial charge on any atom is -0.313 e. The standard InChI is InChI=1S/C12H17N3/c1-5-10-14-11-8(3)7-9(4)13-12(11)15(10)6-2/h7H,5-6H2,1-4H3. The van der Waals surface area contributed by atoms with Gasteiger partial charge in [0.05, 0.1) is 0 Å². The van der Waals surface area contributed by atoms with Crippen LogP contribution in [-0.4, -0.2) is 14.5 Å². The zero-order valence-corrected chi connectivity index (χ0v) is 9.83. The molecule has 0 spiro atoms. The van der Waals surface area contributed by atoms with Gasteiger partial charge in [-0.05, 0) is 32.4 Å². The van der Waals surface area contributed by atoms with E-state index in [1.807, 2.05) is 6.92 Å². The van der Waals surface area contributed by atoms with Gasteiger partial charge in [-0.2, -0.15) is 0 Å². The van der Waals surface area contributed by atoms with E-state index in [1.54, 1.807) is 0 Å². The Labute approximate surface area is 90.2 Å². The first-order valence-corrected chi connectivity index (χ1v) is 5.50. The van der Waals surface area contributed by atoms with Gasteiger partial charge in [-0.1, -0.05) is 6.92 Å². The minimum atomic E-state index is 0.940. The second kappa shape index (κ2) is 3.65. The molecule has 15 heavy (non-hydrogen) atoms. The third-order valence-corrected chi connectivity index (χ3v) is 2.73. The van der Waals surface area contributed by atoms with Gasteiger partial charge in [-0.25, -0.2) is 9.97 Å². The number of hydrogen-bond acceptors (Lipinski definition) is 2. The van der Waals surface area contributed by atoms with Crippen LogP contribution in [-0.2, 0) is 13.0 Å². The smallest absolute Gasteiger partial charge is 0.160 e. The van der Waals surface area contributed by atoms with Gasteiger partial charge in [-0.15, -0.1) is 0 Å². The van der Waals surface area contributed by atoms with Gasteiger partial charge in [0.15, 0.2) is 5.65 Å². The monoisotopic (exact) mass is 203 g/mol. The van der Waals surface area contributed by atoms with Crippen LogP contribution in [0.4, 0.5) is 0 Å². The predicted octanol–water partition coefficient (Wildman–Crippen LogP) is 2.63. The van der Waals surface area contributed by atoms with Crippen molar-refractivity contribution in [2.75, 3.05) is 0 Å². The van der Waals surface area contributed by atoms with Crippen molar-refractivity contribution < 1.29 is 0 Å². The van der Waals surface area contributed by atoms with E-state index in [9.17, 15) is 0 Å². The molecule has 0 saturated carbocycles. The van der Waals surface area contributed by atoms with E-state index in [0.29, 0.717) is 0 Å². The van der Waals surface area contributed by atoms with Crippen LogP contribution in [0.1, 0.15) is 30.9 Å². The SMILES string of the molecule is CCc1nc2c(C)cc(C)nc2n1CC. The largest absolute Gasteiger partial charge is 0.313 e. The summed E-state index contributed by atoms with van der Waals surface area (Å²) < 4.78 is 2.20. The molecule has 2 aromatic heterocycles. The molecule has 2 heterocycles. The quantitative estimate of drug-likeness (QED) is 0.751. The number of hydrogen-bond donors (Lipinski definition) is 0. The lowest BCUT2D eigenvalue weighted by molar-refractivity contribution is 0.718. The fourth-order valence-corrected chi connectivity index (χ4v) is 2.05. The minimum absolute atomic E-state index is 0.940. The fourth-order valence-electron chi connectivity index (χ4n) is 2.05. The van der Waals surface area contributed by atoms with Crippen molar-refractivity contribution in [3.05, 3.63) is 23.1 Å². The maximum Gasteiger partial charge on any atom is 0.160 e. The highest BCUT2D eigenvalue weighted by Gasteiger charge is 2.11. The lowest BCUT2D eigenvalue weighted by atomic mass is 10.2. The van der Waals surface area contributed by atoms with E-state index in [0.717, 1.165) is 35.6 Å². The number of aromatic nitrogens is 3. The molecule has 0 aliphatic rings. The van der Waals surface area contributed by atoms with Crippen molar-refractivity contribution in [2.24, 2.45) is 0 Å². The first kappa shape index (κ1) is 10.1. The highest BCUT2D eigenvalue weighted by atomic mass is 15.1. The maximum absolute atomic E-state index is 4.64. The van der Waals surface area contributed by atoms with E-state index in [2.05, 4.69) is 41.4 Å². The molecular weight excluding hydrogens is 186 g/mol. The van der Waals surface area contributed by atoms with Crippen LogP contribution < -0.4 is 0 Å². The molecule has 0 fully saturated rings. The molecule has 0 amide bonds. The molecule has 3 heteroatoms. The predicted molar refractivity (Wildman–Crippen MR) is 62.1 cm³/mol. The first-order valence-electron chi connectivity index (χ1n) is 5.50. The zero-order valence-electron chi connectivity index (χ0n) is 9.83. The molecule has 0 aliphatic carbocycles. The van der Waals surface area contributed by atoms with Crippen molar-refractivity contribution in [3.63, 3.8) is 0 Å². The van der Waals surface area contributed by atoms with Crippen molar-refractivity contribution >= 4 is 11.2 Å². The molecule has 0 atom stereocenters. The van der Waals surface area contributed by atoms with Crippen molar-refractivity contribution in [2.45, 2.75) is 40.7 Å². The summed E-state index contributed by atoms with van der Waals surface area (Å²) >= 11 is 0. The van der Waals surface area contributed by atoms with Crippen molar-refractivity contribution in [1.82, 2.24) is 14.5 Å². The second-order valence-corrected chi connectivity index (χ2v) is 3.88. The Bertz CT molecular complexity index is 497. The molecule has 0 saturated heterocycles. The van der Waals surface area contributed by atoms with E-state index < -0.39 is 0 Å². The van der Waals surface area contributed by atoms with Crippen LogP contribution >= 0.6 is 0 Å². The molecule has 80 valence electrons. The van der Waals surface area contributed by atoms with Crippen LogP contribution in [0.2, 0.25) is 0 Å². The van der Waals surface area contributed by atoms with E-state index in [1.165, 1.54) is 5.56 Å². The van der Waals surface area contributed by atoms with Gasteiger partial charge in [0.2, 0.25) is 0 Å². The number of pyridine rings is 1. The summed E-state index contributed by atoms with van der Waals surface area (Å²) in [5.74, 6) is 1.13. The molecule has 3 nitrogen and oxygen atoms in total. The van der Waals surface area contributed by atoms with E-state index >= 15 is 0 Å². The zero-order chi connectivity index (χ0) is 11.0. The Morgan fingerprint density at radius 1 is 1.20 bits per heavy atom. The van der Waals surface area contributed by atoms with Gasteiger partial charge in [-0.3, -0.25) is 0 Å². The van der Waals surface area contributed by atoms with Crippen LogP contribution in [0.25, 0.3) is 11.2 Å². The third kappa shape index (κ3) is 1.52. The van der Waals surface area contributed by atoms with Gasteiger partial charge < -0.3 is 4.57 Å². The lowest BCUT2D eigenvalue weighted by Gasteiger charge is -2.03.